The van der Waals surface area contributed by atoms with E-state index in [-0.39, 0.29) is 17.6 Å². The number of anilines is 1. The molecule has 2 amide bonds. The minimum atomic E-state index is -0.337. The number of thiophene rings is 1. The van der Waals surface area contributed by atoms with Crippen molar-refractivity contribution in [1.29, 1.82) is 0 Å². The molecule has 1 aromatic carbocycles. The fourth-order valence-electron chi connectivity index (χ4n) is 2.76. The first kappa shape index (κ1) is 19.7. The van der Waals surface area contributed by atoms with Crippen molar-refractivity contribution in [2.45, 2.75) is 20.4 Å². The van der Waals surface area contributed by atoms with Crippen molar-refractivity contribution in [2.75, 3.05) is 19.0 Å². The molecule has 1 N–H and O–H groups in total. The molecule has 2 aromatic heterocycles. The second kappa shape index (κ2) is 8.75. The van der Waals surface area contributed by atoms with E-state index < -0.39 is 0 Å². The van der Waals surface area contributed by atoms with Crippen molar-refractivity contribution < 1.29 is 18.7 Å². The Labute approximate surface area is 167 Å². The summed E-state index contributed by atoms with van der Waals surface area (Å²) in [5.41, 5.74) is 1.86. The van der Waals surface area contributed by atoms with Gasteiger partial charge in [-0.25, -0.2) is 0 Å². The normalized spacial score (nSPS) is 10.5. The monoisotopic (exact) mass is 398 g/mol. The van der Waals surface area contributed by atoms with Gasteiger partial charge in [-0.2, -0.15) is 0 Å². The average molecular weight is 398 g/mol. The highest BCUT2D eigenvalue weighted by Gasteiger charge is 2.21. The SMILES string of the molecule is CCN(Cc1ccc(OC)cc1)C(=O)c1sc(NC(=O)c2ccco2)cc1C. The maximum Gasteiger partial charge on any atom is 0.291 e. The highest BCUT2D eigenvalue weighted by Crippen LogP contribution is 2.29. The van der Waals surface area contributed by atoms with E-state index in [0.29, 0.717) is 23.0 Å². The molecular formula is C21H22N2O4S. The quantitative estimate of drug-likeness (QED) is 0.633. The number of ether oxygens (including phenoxy) is 1. The number of methoxy groups -OCH3 is 1. The maximum absolute atomic E-state index is 13.0. The number of nitrogens with one attached hydrogen (secondary N) is 1. The Hall–Kier alpha value is -3.06. The number of hydrogen-bond acceptors (Lipinski definition) is 5. The molecule has 2 heterocycles. The van der Waals surface area contributed by atoms with Crippen LogP contribution in [0.1, 0.15) is 38.3 Å². The summed E-state index contributed by atoms with van der Waals surface area (Å²) in [5, 5.41) is 3.39. The lowest BCUT2D eigenvalue weighted by atomic mass is 10.2. The van der Waals surface area contributed by atoms with Gasteiger partial charge in [0.15, 0.2) is 5.76 Å². The molecule has 0 fully saturated rings. The summed E-state index contributed by atoms with van der Waals surface area (Å²) in [5.74, 6) is 0.618. The molecule has 0 bridgehead atoms. The zero-order valence-electron chi connectivity index (χ0n) is 16.0. The van der Waals surface area contributed by atoms with Gasteiger partial charge < -0.3 is 19.4 Å². The summed E-state index contributed by atoms with van der Waals surface area (Å²) in [6.07, 6.45) is 1.45. The van der Waals surface area contributed by atoms with Crippen molar-refractivity contribution in [3.63, 3.8) is 0 Å². The summed E-state index contributed by atoms with van der Waals surface area (Å²) in [6, 6.07) is 12.7. The first-order valence-electron chi connectivity index (χ1n) is 8.89. The van der Waals surface area contributed by atoms with Gasteiger partial charge in [-0.05, 0) is 55.3 Å². The highest BCUT2D eigenvalue weighted by atomic mass is 32.1. The summed E-state index contributed by atoms with van der Waals surface area (Å²) in [6.45, 7) is 4.90. The zero-order valence-corrected chi connectivity index (χ0v) is 16.8. The van der Waals surface area contributed by atoms with Crippen LogP contribution < -0.4 is 10.1 Å². The number of aryl methyl sites for hydroxylation is 1. The molecule has 3 aromatic rings. The van der Waals surface area contributed by atoms with E-state index in [4.69, 9.17) is 9.15 Å². The molecule has 0 saturated heterocycles. The summed E-state index contributed by atoms with van der Waals surface area (Å²) < 4.78 is 10.3. The Balaban J connectivity index is 1.72. The standard InChI is InChI=1S/C21H22N2O4S/c1-4-23(13-15-7-9-16(26-3)10-8-15)21(25)19-14(2)12-18(28-19)22-20(24)17-6-5-11-27-17/h5-12H,4,13H2,1-3H3,(H,22,24). The van der Waals surface area contributed by atoms with Crippen LogP contribution in [-0.2, 0) is 6.54 Å². The van der Waals surface area contributed by atoms with Crippen LogP contribution in [0.25, 0.3) is 0 Å². The molecular weight excluding hydrogens is 376 g/mol. The Morgan fingerprint density at radius 3 is 2.57 bits per heavy atom. The minimum absolute atomic E-state index is 0.0562. The molecule has 3 rings (SSSR count). The first-order valence-corrected chi connectivity index (χ1v) is 9.71. The minimum Gasteiger partial charge on any atom is -0.497 e. The number of rotatable bonds is 7. The van der Waals surface area contributed by atoms with Crippen molar-refractivity contribution in [3.8, 4) is 5.75 Å². The maximum atomic E-state index is 13.0. The molecule has 6 nitrogen and oxygen atoms in total. The van der Waals surface area contributed by atoms with Gasteiger partial charge >= 0.3 is 0 Å². The Morgan fingerprint density at radius 1 is 1.21 bits per heavy atom. The number of amides is 2. The molecule has 0 atom stereocenters. The second-order valence-corrected chi connectivity index (χ2v) is 7.27. The van der Waals surface area contributed by atoms with E-state index in [9.17, 15) is 9.59 Å². The van der Waals surface area contributed by atoms with Gasteiger partial charge in [0.2, 0.25) is 0 Å². The number of hydrogen-bond donors (Lipinski definition) is 1. The Morgan fingerprint density at radius 2 is 1.96 bits per heavy atom. The van der Waals surface area contributed by atoms with Crippen LogP contribution in [0.15, 0.2) is 53.1 Å². The number of carbonyl (C=O) groups is 2. The fraction of sp³-hybridized carbons (Fsp3) is 0.238. The highest BCUT2D eigenvalue weighted by molar-refractivity contribution is 7.18. The molecule has 0 unspecified atom stereocenters. The second-order valence-electron chi connectivity index (χ2n) is 6.22. The molecule has 28 heavy (non-hydrogen) atoms. The van der Waals surface area contributed by atoms with E-state index >= 15 is 0 Å². The van der Waals surface area contributed by atoms with Crippen LogP contribution in [0.4, 0.5) is 5.00 Å². The van der Waals surface area contributed by atoms with Gasteiger partial charge in [-0.1, -0.05) is 12.1 Å². The molecule has 0 saturated carbocycles. The van der Waals surface area contributed by atoms with Gasteiger partial charge in [0.1, 0.15) is 5.75 Å². The number of nitrogens with zero attached hydrogens (tertiary/aromatic N) is 1. The number of furan rings is 1. The third-order valence-corrected chi connectivity index (χ3v) is 5.44. The molecule has 0 aliphatic rings. The van der Waals surface area contributed by atoms with Gasteiger partial charge in [-0.3, -0.25) is 9.59 Å². The zero-order chi connectivity index (χ0) is 20.1. The predicted molar refractivity (Wildman–Crippen MR) is 109 cm³/mol. The van der Waals surface area contributed by atoms with E-state index in [0.717, 1.165) is 16.9 Å². The first-order chi connectivity index (χ1) is 13.5. The molecule has 0 radical (unpaired) electrons. The van der Waals surface area contributed by atoms with E-state index in [1.165, 1.54) is 17.6 Å². The fourth-order valence-corrected chi connectivity index (χ4v) is 3.80. The van der Waals surface area contributed by atoms with Crippen LogP contribution in [-0.4, -0.2) is 30.4 Å². The topological polar surface area (TPSA) is 71.8 Å². The van der Waals surface area contributed by atoms with Crippen LogP contribution in [0.3, 0.4) is 0 Å². The van der Waals surface area contributed by atoms with Crippen LogP contribution in [0.5, 0.6) is 5.75 Å². The van der Waals surface area contributed by atoms with Crippen molar-refractivity contribution in [1.82, 2.24) is 4.90 Å². The lowest BCUT2D eigenvalue weighted by Crippen LogP contribution is -2.30. The van der Waals surface area contributed by atoms with Crippen LogP contribution in [0.2, 0.25) is 0 Å². The van der Waals surface area contributed by atoms with Crippen molar-refractivity contribution >= 4 is 28.2 Å². The van der Waals surface area contributed by atoms with E-state index in [1.807, 2.05) is 38.1 Å². The third kappa shape index (κ3) is 4.43. The number of carbonyl (C=O) groups excluding carboxylic acids is 2. The molecule has 7 heteroatoms. The van der Waals surface area contributed by atoms with Crippen molar-refractivity contribution in [2.24, 2.45) is 0 Å². The smallest absolute Gasteiger partial charge is 0.291 e. The van der Waals surface area contributed by atoms with E-state index in [1.54, 1.807) is 30.2 Å². The molecule has 0 aliphatic heterocycles. The van der Waals surface area contributed by atoms with Gasteiger partial charge in [0.25, 0.3) is 11.8 Å². The lowest BCUT2D eigenvalue weighted by molar-refractivity contribution is 0.0756. The lowest BCUT2D eigenvalue weighted by Gasteiger charge is -2.21. The summed E-state index contributed by atoms with van der Waals surface area (Å²) >= 11 is 1.27. The summed E-state index contributed by atoms with van der Waals surface area (Å²) in [7, 11) is 1.62. The Kier molecular flexibility index (Phi) is 6.16. The largest absolute Gasteiger partial charge is 0.497 e. The van der Waals surface area contributed by atoms with Crippen LogP contribution in [0, 0.1) is 6.92 Å². The van der Waals surface area contributed by atoms with Crippen molar-refractivity contribution in [3.05, 3.63) is 70.5 Å². The average Bonchev–Trinajstić information content (AvgIpc) is 3.36. The summed E-state index contributed by atoms with van der Waals surface area (Å²) in [4.78, 5) is 27.6. The number of benzene rings is 1. The van der Waals surface area contributed by atoms with Gasteiger partial charge in [0.05, 0.1) is 23.3 Å². The predicted octanol–water partition coefficient (Wildman–Crippen LogP) is 4.57. The van der Waals surface area contributed by atoms with Crippen LogP contribution >= 0.6 is 11.3 Å². The Bertz CT molecular complexity index is 945. The van der Waals surface area contributed by atoms with Gasteiger partial charge in [-0.15, -0.1) is 11.3 Å². The van der Waals surface area contributed by atoms with E-state index in [2.05, 4.69) is 5.32 Å². The third-order valence-electron chi connectivity index (χ3n) is 4.30. The van der Waals surface area contributed by atoms with Gasteiger partial charge in [0, 0.05) is 13.1 Å². The molecule has 146 valence electrons. The molecule has 0 aliphatic carbocycles. The molecule has 0 spiro atoms.